The molecule has 2 rings (SSSR count). The highest BCUT2D eigenvalue weighted by molar-refractivity contribution is 14.0. The Labute approximate surface area is 178 Å². The van der Waals surface area contributed by atoms with Gasteiger partial charge in [-0.3, -0.25) is 4.79 Å². The van der Waals surface area contributed by atoms with Crippen LogP contribution < -0.4 is 16.0 Å². The van der Waals surface area contributed by atoms with Gasteiger partial charge in [-0.05, 0) is 58.2 Å². The topological polar surface area (TPSA) is 65.5 Å². The van der Waals surface area contributed by atoms with Crippen LogP contribution in [0.1, 0.15) is 46.1 Å². The molecule has 1 aliphatic rings. The van der Waals surface area contributed by atoms with Crippen molar-refractivity contribution in [1.29, 1.82) is 0 Å². The summed E-state index contributed by atoms with van der Waals surface area (Å²) in [6.07, 6.45) is 2.29. The molecule has 5 nitrogen and oxygen atoms in total. The number of halogens is 2. The van der Waals surface area contributed by atoms with Crippen molar-refractivity contribution >= 4 is 47.4 Å². The van der Waals surface area contributed by atoms with Gasteiger partial charge in [-0.2, -0.15) is 0 Å². The first-order valence-corrected chi connectivity index (χ1v) is 9.21. The molecule has 0 atom stereocenters. The molecule has 1 saturated carbocycles. The first-order valence-electron chi connectivity index (χ1n) is 8.83. The highest BCUT2D eigenvalue weighted by Crippen LogP contribution is 2.47. The van der Waals surface area contributed by atoms with Gasteiger partial charge in [0.2, 0.25) is 5.91 Å². The van der Waals surface area contributed by atoms with Crippen LogP contribution in [0.15, 0.2) is 29.3 Å². The molecular weight excluding hydrogens is 463 g/mol. The largest absolute Gasteiger partial charge is 0.357 e. The molecule has 0 bridgehead atoms. The van der Waals surface area contributed by atoms with Crippen molar-refractivity contribution in [2.75, 3.05) is 19.6 Å². The van der Waals surface area contributed by atoms with E-state index in [-0.39, 0.29) is 47.4 Å². The SMILES string of the molecule is CCNC(=NCC(=O)NC(C)(C)C)NCC1(c2ccc(Cl)cc2)CC1.I. The van der Waals surface area contributed by atoms with Crippen LogP contribution in [0.3, 0.4) is 0 Å². The van der Waals surface area contributed by atoms with Crippen LogP contribution in [-0.2, 0) is 10.2 Å². The van der Waals surface area contributed by atoms with Gasteiger partial charge in [0, 0.05) is 29.1 Å². The molecule has 1 aliphatic carbocycles. The zero-order valence-electron chi connectivity index (χ0n) is 16.0. The molecule has 0 unspecified atom stereocenters. The molecular formula is C19H30ClIN4O. The second kappa shape index (κ2) is 9.78. The monoisotopic (exact) mass is 492 g/mol. The van der Waals surface area contributed by atoms with E-state index in [4.69, 9.17) is 11.6 Å². The summed E-state index contributed by atoms with van der Waals surface area (Å²) in [6, 6.07) is 8.07. The number of hydrogen-bond donors (Lipinski definition) is 3. The number of carbonyl (C=O) groups is 1. The van der Waals surface area contributed by atoms with E-state index in [1.165, 1.54) is 5.56 Å². The molecule has 1 fully saturated rings. The van der Waals surface area contributed by atoms with Crippen LogP contribution in [-0.4, -0.2) is 37.0 Å². The van der Waals surface area contributed by atoms with Gasteiger partial charge in [0.25, 0.3) is 0 Å². The molecule has 26 heavy (non-hydrogen) atoms. The van der Waals surface area contributed by atoms with Gasteiger partial charge >= 0.3 is 0 Å². The summed E-state index contributed by atoms with van der Waals surface area (Å²) < 4.78 is 0. The van der Waals surface area contributed by atoms with Gasteiger partial charge in [-0.1, -0.05) is 23.7 Å². The smallest absolute Gasteiger partial charge is 0.242 e. The summed E-state index contributed by atoms with van der Waals surface area (Å²) in [5.74, 6) is 0.593. The van der Waals surface area contributed by atoms with E-state index in [1.807, 2.05) is 39.8 Å². The fourth-order valence-corrected chi connectivity index (χ4v) is 2.85. The number of hydrogen-bond acceptors (Lipinski definition) is 2. The van der Waals surface area contributed by atoms with E-state index in [2.05, 4.69) is 33.1 Å². The highest BCUT2D eigenvalue weighted by Gasteiger charge is 2.44. The number of nitrogens with zero attached hydrogens (tertiary/aromatic N) is 1. The van der Waals surface area contributed by atoms with Crippen molar-refractivity contribution in [1.82, 2.24) is 16.0 Å². The average Bonchev–Trinajstić information content (AvgIpc) is 3.30. The lowest BCUT2D eigenvalue weighted by molar-refractivity contribution is -0.121. The predicted octanol–water partition coefficient (Wildman–Crippen LogP) is 3.46. The van der Waals surface area contributed by atoms with Crippen LogP contribution in [0.25, 0.3) is 0 Å². The number of carbonyl (C=O) groups excluding carboxylic acids is 1. The maximum atomic E-state index is 11.9. The lowest BCUT2D eigenvalue weighted by Crippen LogP contribution is -2.44. The summed E-state index contributed by atoms with van der Waals surface area (Å²) >= 11 is 5.98. The number of benzene rings is 1. The lowest BCUT2D eigenvalue weighted by atomic mass is 9.96. The van der Waals surface area contributed by atoms with Gasteiger partial charge in [0.15, 0.2) is 5.96 Å². The average molecular weight is 493 g/mol. The van der Waals surface area contributed by atoms with Gasteiger partial charge in [-0.15, -0.1) is 24.0 Å². The Kier molecular flexibility index (Phi) is 8.66. The maximum Gasteiger partial charge on any atom is 0.242 e. The molecule has 1 aromatic carbocycles. The molecule has 0 aliphatic heterocycles. The van der Waals surface area contributed by atoms with E-state index in [9.17, 15) is 4.79 Å². The molecule has 0 heterocycles. The summed E-state index contributed by atoms with van der Waals surface area (Å²) in [7, 11) is 0. The minimum atomic E-state index is -0.245. The van der Waals surface area contributed by atoms with Crippen LogP contribution in [0.4, 0.5) is 0 Å². The Morgan fingerprint density at radius 2 is 1.81 bits per heavy atom. The minimum Gasteiger partial charge on any atom is -0.357 e. The van der Waals surface area contributed by atoms with E-state index < -0.39 is 0 Å². The number of amides is 1. The van der Waals surface area contributed by atoms with E-state index >= 15 is 0 Å². The van der Waals surface area contributed by atoms with Gasteiger partial charge in [0.05, 0.1) is 0 Å². The van der Waals surface area contributed by atoms with Crippen molar-refractivity contribution in [2.24, 2.45) is 4.99 Å². The van der Waals surface area contributed by atoms with E-state index in [0.717, 1.165) is 31.0 Å². The van der Waals surface area contributed by atoms with Crippen molar-refractivity contribution in [3.63, 3.8) is 0 Å². The standard InChI is InChI=1S/C19H29ClN4O.HI/c1-5-21-17(22-12-16(25)24-18(2,3)4)23-13-19(10-11-19)14-6-8-15(20)9-7-14;/h6-9H,5,10-13H2,1-4H3,(H,24,25)(H2,21,22,23);1H. The molecule has 1 amide bonds. The summed E-state index contributed by atoms with van der Waals surface area (Å²) in [5.41, 5.74) is 1.20. The van der Waals surface area contributed by atoms with Crippen molar-refractivity contribution < 1.29 is 4.79 Å². The van der Waals surface area contributed by atoms with Crippen molar-refractivity contribution in [3.8, 4) is 0 Å². The summed E-state index contributed by atoms with van der Waals surface area (Å²) in [4.78, 5) is 16.3. The Hall–Kier alpha value is -1.02. The van der Waals surface area contributed by atoms with E-state index in [0.29, 0.717) is 5.96 Å². The Bertz CT molecular complexity index is 621. The third-order valence-corrected chi connectivity index (χ3v) is 4.40. The molecule has 0 saturated heterocycles. The molecule has 0 radical (unpaired) electrons. The fraction of sp³-hybridized carbons (Fsp3) is 0.579. The maximum absolute atomic E-state index is 11.9. The van der Waals surface area contributed by atoms with Crippen LogP contribution >= 0.6 is 35.6 Å². The molecule has 0 aromatic heterocycles. The summed E-state index contributed by atoms with van der Waals surface area (Å²) in [5, 5.41) is 10.3. The number of aliphatic imine (C=N–C) groups is 1. The quantitative estimate of drug-likeness (QED) is 0.324. The molecule has 1 aromatic rings. The number of nitrogens with one attached hydrogen (secondary N) is 3. The zero-order valence-corrected chi connectivity index (χ0v) is 19.1. The molecule has 3 N–H and O–H groups in total. The summed E-state index contributed by atoms with van der Waals surface area (Å²) in [6.45, 7) is 9.55. The lowest BCUT2D eigenvalue weighted by Gasteiger charge is -2.21. The Morgan fingerprint density at radius 1 is 1.19 bits per heavy atom. The van der Waals surface area contributed by atoms with Crippen LogP contribution in [0, 0.1) is 0 Å². The molecule has 146 valence electrons. The third kappa shape index (κ3) is 7.31. The zero-order chi connectivity index (χ0) is 18.5. The third-order valence-electron chi connectivity index (χ3n) is 4.14. The van der Waals surface area contributed by atoms with E-state index in [1.54, 1.807) is 0 Å². The van der Waals surface area contributed by atoms with Crippen molar-refractivity contribution in [2.45, 2.75) is 51.5 Å². The Morgan fingerprint density at radius 3 is 2.31 bits per heavy atom. The normalized spacial score (nSPS) is 15.7. The molecule has 0 spiro atoms. The highest BCUT2D eigenvalue weighted by atomic mass is 127. The fourth-order valence-electron chi connectivity index (χ4n) is 2.73. The predicted molar refractivity (Wildman–Crippen MR) is 120 cm³/mol. The van der Waals surface area contributed by atoms with Gasteiger partial charge < -0.3 is 16.0 Å². The number of guanidine groups is 1. The van der Waals surface area contributed by atoms with Crippen molar-refractivity contribution in [3.05, 3.63) is 34.9 Å². The first-order chi connectivity index (χ1) is 11.7. The minimum absolute atomic E-state index is 0. The Balaban J connectivity index is 0.00000338. The first kappa shape index (κ1) is 23.0. The van der Waals surface area contributed by atoms with Gasteiger partial charge in [0.1, 0.15) is 6.54 Å². The second-order valence-corrected chi connectivity index (χ2v) is 8.07. The van der Waals surface area contributed by atoms with Gasteiger partial charge in [-0.25, -0.2) is 4.99 Å². The van der Waals surface area contributed by atoms with Crippen LogP contribution in [0.2, 0.25) is 5.02 Å². The van der Waals surface area contributed by atoms with Crippen LogP contribution in [0.5, 0.6) is 0 Å². The second-order valence-electron chi connectivity index (χ2n) is 7.63. The molecule has 7 heteroatoms. The number of rotatable bonds is 6.